The number of hydrogen-bond donors (Lipinski definition) is 2. The smallest absolute Gasteiger partial charge is 0.335 e. The van der Waals surface area contributed by atoms with Crippen LogP contribution in [0.15, 0.2) is 12.3 Å². The van der Waals surface area contributed by atoms with E-state index in [1.54, 1.807) is 16.9 Å². The molecule has 0 aromatic carbocycles. The zero-order valence-electron chi connectivity index (χ0n) is 8.27. The van der Waals surface area contributed by atoms with Crippen molar-refractivity contribution in [2.75, 3.05) is 0 Å². The van der Waals surface area contributed by atoms with E-state index in [2.05, 4.69) is 5.10 Å². The van der Waals surface area contributed by atoms with Crippen LogP contribution in [-0.2, 0) is 17.8 Å². The molecule has 1 atom stereocenters. The molecule has 0 saturated carbocycles. The average molecular weight is 198 g/mol. The van der Waals surface area contributed by atoms with Gasteiger partial charge in [0.05, 0.1) is 5.69 Å². The first-order valence-corrected chi connectivity index (χ1v) is 4.44. The number of aromatic nitrogens is 2. The Morgan fingerprint density at radius 3 is 2.79 bits per heavy atom. The Morgan fingerprint density at radius 1 is 1.71 bits per heavy atom. The quantitative estimate of drug-likeness (QED) is 0.728. The number of aryl methyl sites for hydroxylation is 1. The van der Waals surface area contributed by atoms with Crippen LogP contribution in [0.3, 0.4) is 0 Å². The topological polar surface area (TPSA) is 75.4 Å². The molecule has 1 rings (SSSR count). The third-order valence-corrected chi connectivity index (χ3v) is 2.01. The maximum Gasteiger partial charge on any atom is 0.335 e. The molecule has 0 bridgehead atoms. The Labute approximate surface area is 82.0 Å². The number of carboxylic acids is 1. The Morgan fingerprint density at radius 2 is 2.36 bits per heavy atom. The number of carboxylic acid groups (broad SMARTS) is 1. The number of aliphatic hydroxyl groups is 1. The zero-order valence-corrected chi connectivity index (χ0v) is 8.27. The molecule has 0 amide bonds. The largest absolute Gasteiger partial charge is 0.479 e. The second kappa shape index (κ2) is 3.79. The maximum atomic E-state index is 10.6. The van der Waals surface area contributed by atoms with Crippen molar-refractivity contribution < 1.29 is 15.0 Å². The normalized spacial score (nSPS) is 15.1. The highest BCUT2D eigenvalue weighted by Crippen LogP contribution is 2.11. The molecule has 0 aliphatic rings. The van der Waals surface area contributed by atoms with Crippen LogP contribution >= 0.6 is 0 Å². The molecule has 1 aromatic heterocycles. The first-order chi connectivity index (χ1) is 6.45. The van der Waals surface area contributed by atoms with E-state index < -0.39 is 11.6 Å². The van der Waals surface area contributed by atoms with Crippen molar-refractivity contribution in [1.82, 2.24) is 9.78 Å². The first-order valence-electron chi connectivity index (χ1n) is 4.44. The summed E-state index contributed by atoms with van der Waals surface area (Å²) in [6.45, 7) is 3.93. The van der Waals surface area contributed by atoms with Gasteiger partial charge in [-0.15, -0.1) is 0 Å². The van der Waals surface area contributed by atoms with Crippen molar-refractivity contribution in [1.29, 1.82) is 0 Å². The molecule has 2 N–H and O–H groups in total. The molecule has 0 saturated heterocycles. The van der Waals surface area contributed by atoms with E-state index in [4.69, 9.17) is 5.11 Å². The maximum absolute atomic E-state index is 10.6. The Bertz CT molecular complexity index is 331. The van der Waals surface area contributed by atoms with Gasteiger partial charge in [-0.05, 0) is 19.9 Å². The van der Waals surface area contributed by atoms with E-state index in [0.717, 1.165) is 6.54 Å². The fourth-order valence-corrected chi connectivity index (χ4v) is 1.10. The fourth-order valence-electron chi connectivity index (χ4n) is 1.10. The van der Waals surface area contributed by atoms with Crippen LogP contribution in [0, 0.1) is 0 Å². The highest BCUT2D eigenvalue weighted by atomic mass is 16.4. The molecule has 1 heterocycles. The SMILES string of the molecule is CCn1ccc(CC(C)(O)C(=O)O)n1. The first kappa shape index (κ1) is 10.7. The predicted octanol–water partition coefficient (Wildman–Crippen LogP) is 0.281. The molecule has 5 nitrogen and oxygen atoms in total. The van der Waals surface area contributed by atoms with Crippen molar-refractivity contribution in [2.45, 2.75) is 32.4 Å². The highest BCUT2D eigenvalue weighted by Gasteiger charge is 2.30. The molecule has 1 aromatic rings. The molecule has 0 radical (unpaired) electrons. The van der Waals surface area contributed by atoms with Crippen LogP contribution in [0.2, 0.25) is 0 Å². The Balaban J connectivity index is 2.73. The molecular weight excluding hydrogens is 184 g/mol. The monoisotopic (exact) mass is 198 g/mol. The number of carbonyl (C=O) groups is 1. The van der Waals surface area contributed by atoms with E-state index in [1.807, 2.05) is 6.92 Å². The van der Waals surface area contributed by atoms with Crippen molar-refractivity contribution in [3.8, 4) is 0 Å². The molecule has 14 heavy (non-hydrogen) atoms. The van der Waals surface area contributed by atoms with Gasteiger partial charge in [0, 0.05) is 19.2 Å². The summed E-state index contributed by atoms with van der Waals surface area (Å²) in [4.78, 5) is 10.6. The minimum Gasteiger partial charge on any atom is -0.479 e. The summed E-state index contributed by atoms with van der Waals surface area (Å²) in [5.41, 5.74) is -1.16. The molecule has 5 heteroatoms. The van der Waals surface area contributed by atoms with Crippen LogP contribution in [0.25, 0.3) is 0 Å². The van der Waals surface area contributed by atoms with Crippen LogP contribution in [0.4, 0.5) is 0 Å². The van der Waals surface area contributed by atoms with Gasteiger partial charge in [0.15, 0.2) is 5.60 Å². The average Bonchev–Trinajstić information content (AvgIpc) is 2.51. The Kier molecular flexibility index (Phi) is 2.90. The van der Waals surface area contributed by atoms with Crippen molar-refractivity contribution >= 4 is 5.97 Å². The third-order valence-electron chi connectivity index (χ3n) is 2.01. The summed E-state index contributed by atoms with van der Waals surface area (Å²) in [7, 11) is 0. The van der Waals surface area contributed by atoms with Gasteiger partial charge in [-0.2, -0.15) is 5.10 Å². The summed E-state index contributed by atoms with van der Waals surface area (Å²) < 4.78 is 1.69. The van der Waals surface area contributed by atoms with Crippen molar-refractivity contribution in [3.05, 3.63) is 18.0 Å². The lowest BCUT2D eigenvalue weighted by Gasteiger charge is -2.15. The van der Waals surface area contributed by atoms with Gasteiger partial charge < -0.3 is 10.2 Å². The zero-order chi connectivity index (χ0) is 10.8. The number of aliphatic carboxylic acids is 1. The van der Waals surface area contributed by atoms with Gasteiger partial charge in [0.2, 0.25) is 0 Å². The summed E-state index contributed by atoms with van der Waals surface area (Å²) >= 11 is 0. The molecule has 78 valence electrons. The van der Waals surface area contributed by atoms with Gasteiger partial charge in [-0.3, -0.25) is 4.68 Å². The second-order valence-corrected chi connectivity index (χ2v) is 3.42. The van der Waals surface area contributed by atoms with Crippen molar-refractivity contribution in [2.24, 2.45) is 0 Å². The van der Waals surface area contributed by atoms with Gasteiger partial charge in [0.1, 0.15) is 0 Å². The molecule has 0 fully saturated rings. The highest BCUT2D eigenvalue weighted by molar-refractivity contribution is 5.76. The summed E-state index contributed by atoms with van der Waals surface area (Å²) in [5, 5.41) is 22.2. The fraction of sp³-hybridized carbons (Fsp3) is 0.556. The molecule has 0 aliphatic heterocycles. The lowest BCUT2D eigenvalue weighted by Crippen LogP contribution is -2.37. The van der Waals surface area contributed by atoms with Crippen LogP contribution in [-0.4, -0.2) is 31.6 Å². The number of rotatable bonds is 4. The second-order valence-electron chi connectivity index (χ2n) is 3.42. The predicted molar refractivity (Wildman–Crippen MR) is 49.9 cm³/mol. The summed E-state index contributed by atoms with van der Waals surface area (Å²) in [6.07, 6.45) is 1.78. The molecular formula is C9H14N2O3. The van der Waals surface area contributed by atoms with Crippen LogP contribution < -0.4 is 0 Å². The van der Waals surface area contributed by atoms with Gasteiger partial charge in [0.25, 0.3) is 0 Å². The minimum atomic E-state index is -1.74. The standard InChI is InChI=1S/C9H14N2O3/c1-3-11-5-4-7(10-11)6-9(2,14)8(12)13/h4-5,14H,3,6H2,1-2H3,(H,12,13). The van der Waals surface area contributed by atoms with E-state index in [0.29, 0.717) is 5.69 Å². The van der Waals surface area contributed by atoms with Crippen molar-refractivity contribution in [3.63, 3.8) is 0 Å². The van der Waals surface area contributed by atoms with Gasteiger partial charge in [-0.1, -0.05) is 0 Å². The van der Waals surface area contributed by atoms with Crippen LogP contribution in [0.1, 0.15) is 19.5 Å². The molecule has 0 aliphatic carbocycles. The van der Waals surface area contributed by atoms with E-state index in [-0.39, 0.29) is 6.42 Å². The Hall–Kier alpha value is -1.36. The van der Waals surface area contributed by atoms with Crippen LogP contribution in [0.5, 0.6) is 0 Å². The van der Waals surface area contributed by atoms with E-state index >= 15 is 0 Å². The lowest BCUT2D eigenvalue weighted by molar-refractivity contribution is -0.156. The third kappa shape index (κ3) is 2.32. The molecule has 1 unspecified atom stereocenters. The lowest BCUT2D eigenvalue weighted by atomic mass is 10.0. The molecule has 0 spiro atoms. The number of hydrogen-bond acceptors (Lipinski definition) is 3. The summed E-state index contributed by atoms with van der Waals surface area (Å²) in [5.74, 6) is -1.23. The minimum absolute atomic E-state index is 0.0231. The van der Waals surface area contributed by atoms with E-state index in [1.165, 1.54) is 6.92 Å². The van der Waals surface area contributed by atoms with Gasteiger partial charge >= 0.3 is 5.97 Å². The van der Waals surface area contributed by atoms with E-state index in [9.17, 15) is 9.90 Å². The van der Waals surface area contributed by atoms with Gasteiger partial charge in [-0.25, -0.2) is 4.79 Å². The summed E-state index contributed by atoms with van der Waals surface area (Å²) in [6, 6.07) is 1.71. The number of nitrogens with zero attached hydrogens (tertiary/aromatic N) is 2.